The molecule has 6 nitrogen and oxygen atoms in total. The Morgan fingerprint density at radius 1 is 1.06 bits per heavy atom. The number of ether oxygens (including phenoxy) is 1. The molecule has 1 fully saturated rings. The first-order valence-electron chi connectivity index (χ1n) is 11.2. The van der Waals surface area contributed by atoms with Crippen LogP contribution in [0.3, 0.4) is 0 Å². The fourth-order valence-electron chi connectivity index (χ4n) is 4.12. The van der Waals surface area contributed by atoms with Gasteiger partial charge in [0.1, 0.15) is 11.1 Å². The molecular weight excluding hydrogens is 416 g/mol. The Kier molecular flexibility index (Phi) is 7.06. The summed E-state index contributed by atoms with van der Waals surface area (Å²) in [5, 5.41) is 0. The van der Waals surface area contributed by atoms with Crippen molar-refractivity contribution in [3.63, 3.8) is 0 Å². The Hall–Kier alpha value is -3.41. The van der Waals surface area contributed by atoms with Gasteiger partial charge in [0.2, 0.25) is 0 Å². The summed E-state index contributed by atoms with van der Waals surface area (Å²) in [6.07, 6.45) is 1.49. The minimum Gasteiger partial charge on any atom is -0.444 e. The Balaban J connectivity index is 2.04. The Bertz CT molecular complexity index is 1020. The lowest BCUT2D eigenvalue weighted by Crippen LogP contribution is -2.69. The van der Waals surface area contributed by atoms with Crippen molar-refractivity contribution in [2.45, 2.75) is 51.7 Å². The van der Waals surface area contributed by atoms with Crippen LogP contribution < -0.4 is 0 Å². The van der Waals surface area contributed by atoms with Crippen molar-refractivity contribution in [3.8, 4) is 0 Å². The van der Waals surface area contributed by atoms with Crippen LogP contribution in [0.15, 0.2) is 67.3 Å². The molecule has 1 saturated heterocycles. The summed E-state index contributed by atoms with van der Waals surface area (Å²) in [6.45, 7) is 11.4. The first kappa shape index (κ1) is 24.2. The van der Waals surface area contributed by atoms with Gasteiger partial charge in [-0.25, -0.2) is 4.79 Å². The van der Waals surface area contributed by atoms with Gasteiger partial charge in [-0.15, -0.1) is 6.58 Å². The second-order valence-electron chi connectivity index (χ2n) is 9.45. The van der Waals surface area contributed by atoms with Crippen LogP contribution in [0.25, 0.3) is 0 Å². The lowest BCUT2D eigenvalue weighted by atomic mass is 9.82. The van der Waals surface area contributed by atoms with Crippen LogP contribution in [0.4, 0.5) is 4.79 Å². The number of benzene rings is 2. The Morgan fingerprint density at radius 3 is 2.27 bits per heavy atom. The molecule has 0 aromatic heterocycles. The normalized spacial score (nSPS) is 18.7. The summed E-state index contributed by atoms with van der Waals surface area (Å²) in [4.78, 5) is 43.3. The van der Waals surface area contributed by atoms with E-state index < -0.39 is 23.1 Å². The van der Waals surface area contributed by atoms with Crippen molar-refractivity contribution in [1.29, 1.82) is 0 Å². The number of rotatable bonds is 5. The largest absolute Gasteiger partial charge is 0.444 e. The standard InChI is InChI=1S/C27H32N2O4/c1-6-16-27(19-21-10-8-7-9-11-21)24(31)28(23(30)22-14-12-20(2)13-15-22)17-18-29(27)25(32)33-26(3,4)5/h6-15H,1,16-19H2,2-5H3/t27-/m1/s1. The highest BCUT2D eigenvalue weighted by molar-refractivity contribution is 6.08. The van der Waals surface area contributed by atoms with E-state index >= 15 is 0 Å². The Morgan fingerprint density at radius 2 is 1.70 bits per heavy atom. The molecule has 33 heavy (non-hydrogen) atoms. The summed E-state index contributed by atoms with van der Waals surface area (Å²) in [5.41, 5.74) is 0.307. The summed E-state index contributed by atoms with van der Waals surface area (Å²) >= 11 is 0. The molecule has 0 unspecified atom stereocenters. The smallest absolute Gasteiger partial charge is 0.411 e. The first-order valence-corrected chi connectivity index (χ1v) is 11.2. The van der Waals surface area contributed by atoms with Crippen LogP contribution >= 0.6 is 0 Å². The van der Waals surface area contributed by atoms with E-state index in [0.717, 1.165) is 11.1 Å². The second-order valence-corrected chi connectivity index (χ2v) is 9.45. The predicted molar refractivity (Wildman–Crippen MR) is 128 cm³/mol. The zero-order valence-corrected chi connectivity index (χ0v) is 19.8. The van der Waals surface area contributed by atoms with E-state index in [0.29, 0.717) is 5.56 Å². The minimum atomic E-state index is -1.32. The van der Waals surface area contributed by atoms with E-state index in [1.807, 2.05) is 49.4 Å². The van der Waals surface area contributed by atoms with Crippen LogP contribution in [0.2, 0.25) is 0 Å². The van der Waals surface area contributed by atoms with Gasteiger partial charge in [-0.05, 0) is 51.8 Å². The molecular formula is C27H32N2O4. The van der Waals surface area contributed by atoms with E-state index in [1.165, 1.54) is 9.80 Å². The topological polar surface area (TPSA) is 66.9 Å². The van der Waals surface area contributed by atoms with E-state index in [9.17, 15) is 14.4 Å². The third-order valence-corrected chi connectivity index (χ3v) is 5.69. The molecule has 0 bridgehead atoms. The maximum atomic E-state index is 14.0. The van der Waals surface area contributed by atoms with Crippen LogP contribution in [-0.4, -0.2) is 51.9 Å². The average Bonchev–Trinajstić information content (AvgIpc) is 2.75. The van der Waals surface area contributed by atoms with Crippen molar-refractivity contribution >= 4 is 17.9 Å². The highest BCUT2D eigenvalue weighted by Gasteiger charge is 2.53. The quantitative estimate of drug-likeness (QED) is 0.488. The molecule has 1 atom stereocenters. The van der Waals surface area contributed by atoms with Crippen LogP contribution in [0.5, 0.6) is 0 Å². The molecule has 2 aromatic carbocycles. The molecule has 0 aliphatic carbocycles. The molecule has 174 valence electrons. The lowest BCUT2D eigenvalue weighted by molar-refractivity contribution is -0.147. The third-order valence-electron chi connectivity index (χ3n) is 5.69. The molecule has 0 radical (unpaired) electrons. The van der Waals surface area contributed by atoms with Crippen LogP contribution in [-0.2, 0) is 16.0 Å². The van der Waals surface area contributed by atoms with Crippen molar-refractivity contribution in [1.82, 2.24) is 9.80 Å². The highest BCUT2D eigenvalue weighted by atomic mass is 16.6. The van der Waals surface area contributed by atoms with Crippen molar-refractivity contribution < 1.29 is 19.1 Å². The van der Waals surface area contributed by atoms with Crippen LogP contribution in [0.1, 0.15) is 48.7 Å². The van der Waals surface area contributed by atoms with E-state index in [4.69, 9.17) is 4.74 Å². The molecule has 6 heteroatoms. The number of aryl methyl sites for hydroxylation is 1. The number of carbonyl (C=O) groups excluding carboxylic acids is 3. The number of piperazine rings is 1. The van der Waals surface area contributed by atoms with Crippen molar-refractivity contribution in [2.24, 2.45) is 0 Å². The van der Waals surface area contributed by atoms with Gasteiger partial charge < -0.3 is 4.74 Å². The number of amides is 3. The summed E-state index contributed by atoms with van der Waals surface area (Å²) in [6, 6.07) is 16.6. The monoisotopic (exact) mass is 448 g/mol. The zero-order chi connectivity index (χ0) is 24.2. The maximum absolute atomic E-state index is 14.0. The molecule has 1 aliphatic rings. The molecule has 0 spiro atoms. The molecule has 0 N–H and O–H groups in total. The van der Waals surface area contributed by atoms with Gasteiger partial charge in [-0.3, -0.25) is 19.4 Å². The molecule has 1 heterocycles. The van der Waals surface area contributed by atoms with Gasteiger partial charge in [-0.1, -0.05) is 54.1 Å². The number of carbonyl (C=O) groups is 3. The number of nitrogens with zero attached hydrogens (tertiary/aromatic N) is 2. The number of hydrogen-bond acceptors (Lipinski definition) is 4. The van der Waals surface area contributed by atoms with Crippen molar-refractivity contribution in [3.05, 3.63) is 83.9 Å². The SMILES string of the molecule is C=CC[C@@]1(Cc2ccccc2)C(=O)N(C(=O)c2ccc(C)cc2)CCN1C(=O)OC(C)(C)C. The summed E-state index contributed by atoms with van der Waals surface area (Å²) < 4.78 is 5.66. The fourth-order valence-corrected chi connectivity index (χ4v) is 4.12. The van der Waals surface area contributed by atoms with E-state index in [-0.39, 0.29) is 31.8 Å². The van der Waals surface area contributed by atoms with Gasteiger partial charge in [-0.2, -0.15) is 0 Å². The maximum Gasteiger partial charge on any atom is 0.411 e. The number of imide groups is 1. The third kappa shape index (κ3) is 5.33. The minimum absolute atomic E-state index is 0.0957. The second kappa shape index (κ2) is 9.61. The lowest BCUT2D eigenvalue weighted by Gasteiger charge is -2.48. The molecule has 0 saturated carbocycles. The first-order chi connectivity index (χ1) is 15.6. The highest BCUT2D eigenvalue weighted by Crippen LogP contribution is 2.33. The molecule has 1 aliphatic heterocycles. The number of hydrogen-bond donors (Lipinski definition) is 0. The van der Waals surface area contributed by atoms with Crippen molar-refractivity contribution in [2.75, 3.05) is 13.1 Å². The average molecular weight is 449 g/mol. The molecule has 3 amide bonds. The van der Waals surface area contributed by atoms with E-state index in [2.05, 4.69) is 6.58 Å². The van der Waals surface area contributed by atoms with Gasteiger partial charge in [0.15, 0.2) is 0 Å². The Labute approximate surface area is 195 Å². The molecule has 3 rings (SSSR count). The zero-order valence-electron chi connectivity index (χ0n) is 19.8. The summed E-state index contributed by atoms with van der Waals surface area (Å²) in [5.74, 6) is -0.792. The predicted octanol–water partition coefficient (Wildman–Crippen LogP) is 4.77. The molecule has 2 aromatic rings. The van der Waals surface area contributed by atoms with E-state index in [1.54, 1.807) is 39.0 Å². The van der Waals surface area contributed by atoms with Gasteiger partial charge in [0.25, 0.3) is 11.8 Å². The van der Waals surface area contributed by atoms with Gasteiger partial charge in [0.05, 0.1) is 0 Å². The van der Waals surface area contributed by atoms with Gasteiger partial charge >= 0.3 is 6.09 Å². The fraction of sp³-hybridized carbons (Fsp3) is 0.370. The van der Waals surface area contributed by atoms with Gasteiger partial charge in [0, 0.05) is 25.1 Å². The summed E-state index contributed by atoms with van der Waals surface area (Å²) in [7, 11) is 0. The van der Waals surface area contributed by atoms with Crippen LogP contribution in [0, 0.1) is 6.92 Å².